The molecule has 0 aliphatic carbocycles. The highest BCUT2D eigenvalue weighted by Crippen LogP contribution is 2.35. The second-order valence-corrected chi connectivity index (χ2v) is 5.47. The van der Waals surface area contributed by atoms with Gasteiger partial charge in [0.2, 0.25) is 0 Å². The van der Waals surface area contributed by atoms with E-state index in [-0.39, 0.29) is 6.04 Å². The fourth-order valence-electron chi connectivity index (χ4n) is 1.89. The van der Waals surface area contributed by atoms with Gasteiger partial charge in [-0.3, -0.25) is 0 Å². The Morgan fingerprint density at radius 3 is 2.56 bits per heavy atom. The van der Waals surface area contributed by atoms with Crippen LogP contribution in [-0.4, -0.2) is 7.05 Å². The second kappa shape index (κ2) is 4.99. The van der Waals surface area contributed by atoms with Crippen LogP contribution < -0.4 is 5.32 Å². The molecule has 16 heavy (non-hydrogen) atoms. The fraction of sp³-hybridized carbons (Fsp3) is 0.462. The molecule has 1 atom stereocenters. The average Bonchev–Trinajstić information content (AvgIpc) is 2.24. The van der Waals surface area contributed by atoms with Crippen molar-refractivity contribution in [3.8, 4) is 6.07 Å². The first-order chi connectivity index (χ1) is 7.42. The van der Waals surface area contributed by atoms with Gasteiger partial charge in [0.25, 0.3) is 0 Å². The van der Waals surface area contributed by atoms with Crippen LogP contribution in [0.25, 0.3) is 0 Å². The first-order valence-corrected chi connectivity index (χ1v) is 6.06. The number of rotatable bonds is 3. The number of hydrogen-bond donors (Lipinski definition) is 1. The van der Waals surface area contributed by atoms with Gasteiger partial charge in [-0.25, -0.2) is 0 Å². The summed E-state index contributed by atoms with van der Waals surface area (Å²) in [5, 5.41) is 12.4. The average molecular weight is 281 g/mol. The smallest absolute Gasteiger partial charge is 0.0712 e. The van der Waals surface area contributed by atoms with E-state index in [2.05, 4.69) is 46.4 Å². The molecule has 1 rings (SSSR count). The van der Waals surface area contributed by atoms with E-state index in [9.17, 15) is 5.26 Å². The van der Waals surface area contributed by atoms with Gasteiger partial charge in [-0.1, -0.05) is 22.0 Å². The minimum atomic E-state index is -0.430. The maximum Gasteiger partial charge on any atom is 0.0712 e. The van der Waals surface area contributed by atoms with Crippen molar-refractivity contribution >= 4 is 15.9 Å². The molecule has 3 heteroatoms. The Balaban J connectivity index is 3.25. The van der Waals surface area contributed by atoms with E-state index in [1.807, 2.05) is 27.0 Å². The lowest BCUT2D eigenvalue weighted by Gasteiger charge is -2.29. The molecule has 0 aromatic heterocycles. The minimum absolute atomic E-state index is 0.0370. The van der Waals surface area contributed by atoms with Gasteiger partial charge < -0.3 is 5.32 Å². The molecule has 86 valence electrons. The van der Waals surface area contributed by atoms with Crippen LogP contribution in [0.3, 0.4) is 0 Å². The molecule has 2 nitrogen and oxygen atoms in total. The molecule has 0 saturated carbocycles. The second-order valence-electron chi connectivity index (χ2n) is 4.56. The molecule has 1 unspecified atom stereocenters. The summed E-state index contributed by atoms with van der Waals surface area (Å²) < 4.78 is 1.04. The van der Waals surface area contributed by atoms with E-state index in [1.165, 1.54) is 11.1 Å². The largest absolute Gasteiger partial charge is 0.312 e. The number of benzene rings is 1. The van der Waals surface area contributed by atoms with Crippen LogP contribution in [0.5, 0.6) is 0 Å². The number of halogens is 1. The topological polar surface area (TPSA) is 35.8 Å². The van der Waals surface area contributed by atoms with Crippen molar-refractivity contribution in [3.63, 3.8) is 0 Å². The van der Waals surface area contributed by atoms with Crippen LogP contribution in [0.1, 0.15) is 31.0 Å². The minimum Gasteiger partial charge on any atom is -0.312 e. The summed E-state index contributed by atoms with van der Waals surface area (Å²) in [5.41, 5.74) is 1.94. The summed E-state index contributed by atoms with van der Waals surface area (Å²) in [7, 11) is 1.89. The first kappa shape index (κ1) is 13.2. The molecule has 1 aromatic carbocycles. The summed E-state index contributed by atoms with van der Waals surface area (Å²) in [5.74, 6) is 0. The molecule has 0 amide bonds. The van der Waals surface area contributed by atoms with Gasteiger partial charge in [0.15, 0.2) is 0 Å². The van der Waals surface area contributed by atoms with Crippen molar-refractivity contribution in [1.29, 1.82) is 5.26 Å². The van der Waals surface area contributed by atoms with E-state index in [1.54, 1.807) is 0 Å². The molecule has 0 spiro atoms. The lowest BCUT2D eigenvalue weighted by molar-refractivity contribution is 0.343. The van der Waals surface area contributed by atoms with Gasteiger partial charge in [-0.2, -0.15) is 5.26 Å². The zero-order valence-electron chi connectivity index (χ0n) is 10.1. The highest BCUT2D eigenvalue weighted by molar-refractivity contribution is 9.10. The number of nitrogens with one attached hydrogen (secondary N) is 1. The van der Waals surface area contributed by atoms with Crippen LogP contribution in [0.15, 0.2) is 22.7 Å². The van der Waals surface area contributed by atoms with E-state index in [0.29, 0.717) is 0 Å². The third kappa shape index (κ3) is 2.63. The molecular weight excluding hydrogens is 264 g/mol. The fourth-order valence-corrected chi connectivity index (χ4v) is 2.27. The first-order valence-electron chi connectivity index (χ1n) is 5.27. The maximum absolute atomic E-state index is 9.22. The number of nitrogens with zero attached hydrogens (tertiary/aromatic N) is 1. The van der Waals surface area contributed by atoms with Gasteiger partial charge in [0, 0.05) is 4.47 Å². The molecule has 1 aromatic rings. The highest BCUT2D eigenvalue weighted by atomic mass is 79.9. The van der Waals surface area contributed by atoms with Gasteiger partial charge in [0.1, 0.15) is 0 Å². The lowest BCUT2D eigenvalue weighted by Crippen LogP contribution is -2.31. The van der Waals surface area contributed by atoms with Crippen molar-refractivity contribution in [1.82, 2.24) is 5.32 Å². The van der Waals surface area contributed by atoms with Crippen molar-refractivity contribution in [2.24, 2.45) is 5.41 Å². The quantitative estimate of drug-likeness (QED) is 0.919. The Morgan fingerprint density at radius 1 is 1.44 bits per heavy atom. The Labute approximate surface area is 106 Å². The predicted octanol–water partition coefficient (Wildman–Crippen LogP) is 3.57. The number of aryl methyl sites for hydroxylation is 1. The number of hydrogen-bond acceptors (Lipinski definition) is 2. The highest BCUT2D eigenvalue weighted by Gasteiger charge is 2.30. The zero-order chi connectivity index (χ0) is 12.3. The van der Waals surface area contributed by atoms with Crippen molar-refractivity contribution in [3.05, 3.63) is 33.8 Å². The van der Waals surface area contributed by atoms with Gasteiger partial charge in [-0.05, 0) is 51.1 Å². The van der Waals surface area contributed by atoms with Crippen LogP contribution in [0, 0.1) is 23.7 Å². The molecule has 0 radical (unpaired) electrons. The van der Waals surface area contributed by atoms with Gasteiger partial charge >= 0.3 is 0 Å². The molecule has 0 aliphatic rings. The number of nitriles is 1. The molecule has 0 bridgehead atoms. The summed E-state index contributed by atoms with van der Waals surface area (Å²) >= 11 is 3.47. The Morgan fingerprint density at radius 2 is 2.06 bits per heavy atom. The molecule has 0 saturated heterocycles. The maximum atomic E-state index is 9.22. The third-order valence-corrected chi connectivity index (χ3v) is 3.34. The summed E-state index contributed by atoms with van der Waals surface area (Å²) in [6, 6.07) is 8.56. The lowest BCUT2D eigenvalue weighted by atomic mass is 9.80. The van der Waals surface area contributed by atoms with Crippen molar-refractivity contribution in [2.45, 2.75) is 26.8 Å². The van der Waals surface area contributed by atoms with Crippen molar-refractivity contribution < 1.29 is 0 Å². The summed E-state index contributed by atoms with van der Waals surface area (Å²) in [6.45, 7) is 5.97. The molecule has 0 aliphatic heterocycles. The monoisotopic (exact) mass is 280 g/mol. The van der Waals surface area contributed by atoms with E-state index in [4.69, 9.17) is 0 Å². The Kier molecular flexibility index (Phi) is 4.12. The normalized spacial score (nSPS) is 13.2. The zero-order valence-corrected chi connectivity index (χ0v) is 11.7. The SMILES string of the molecule is CNC(c1cc(Br)ccc1C)C(C)(C)C#N. The van der Waals surface area contributed by atoms with E-state index >= 15 is 0 Å². The van der Waals surface area contributed by atoms with Crippen LogP contribution in [0.4, 0.5) is 0 Å². The van der Waals surface area contributed by atoms with Crippen LogP contribution in [0.2, 0.25) is 0 Å². The Bertz CT molecular complexity index is 418. The molecule has 0 fully saturated rings. The van der Waals surface area contributed by atoms with Crippen LogP contribution in [-0.2, 0) is 0 Å². The summed E-state index contributed by atoms with van der Waals surface area (Å²) in [6.07, 6.45) is 0. The van der Waals surface area contributed by atoms with Crippen molar-refractivity contribution in [2.75, 3.05) is 7.05 Å². The summed E-state index contributed by atoms with van der Waals surface area (Å²) in [4.78, 5) is 0. The van der Waals surface area contributed by atoms with E-state index in [0.717, 1.165) is 4.47 Å². The molecule has 0 heterocycles. The molecular formula is C13H17BrN2. The third-order valence-electron chi connectivity index (χ3n) is 2.85. The standard InChI is InChI=1S/C13H17BrN2/c1-9-5-6-10(14)7-11(9)12(16-4)13(2,3)8-15/h5-7,12,16H,1-4H3. The van der Waals surface area contributed by atoms with Crippen LogP contribution >= 0.6 is 15.9 Å². The van der Waals surface area contributed by atoms with Gasteiger partial charge in [-0.15, -0.1) is 0 Å². The predicted molar refractivity (Wildman–Crippen MR) is 70.1 cm³/mol. The molecule has 1 N–H and O–H groups in total. The van der Waals surface area contributed by atoms with E-state index < -0.39 is 5.41 Å². The Hall–Kier alpha value is -0.850. The van der Waals surface area contributed by atoms with Gasteiger partial charge in [0.05, 0.1) is 17.5 Å².